The van der Waals surface area contributed by atoms with Crippen molar-refractivity contribution < 1.29 is 9.59 Å². The van der Waals surface area contributed by atoms with E-state index in [2.05, 4.69) is 15.3 Å². The number of H-pyrrole nitrogens is 1. The molecule has 0 atom stereocenters. The van der Waals surface area contributed by atoms with Crippen LogP contribution in [0.15, 0.2) is 67.0 Å². The number of fused-ring (bicyclic) bond motifs is 1. The largest absolute Gasteiger partial charge is 0.365 e. The highest BCUT2D eigenvalue weighted by Crippen LogP contribution is 2.33. The molecule has 32 heavy (non-hydrogen) atoms. The number of primary amides is 1. The summed E-state index contributed by atoms with van der Waals surface area (Å²) in [4.78, 5) is 35.2. The quantitative estimate of drug-likeness (QED) is 0.432. The summed E-state index contributed by atoms with van der Waals surface area (Å²) in [7, 11) is 5.30. The van der Waals surface area contributed by atoms with Gasteiger partial charge in [0.2, 0.25) is 0 Å². The lowest BCUT2D eigenvalue weighted by molar-refractivity contribution is 0.0827. The fraction of sp³-hybridized carbons (Fsp3) is 0.125. The van der Waals surface area contributed by atoms with Crippen LogP contribution in [0.25, 0.3) is 10.9 Å². The van der Waals surface area contributed by atoms with E-state index >= 15 is 0 Å². The van der Waals surface area contributed by atoms with Gasteiger partial charge in [0.1, 0.15) is 5.82 Å². The summed E-state index contributed by atoms with van der Waals surface area (Å²) in [5.41, 5.74) is 9.78. The molecular weight excluding hydrogens is 404 g/mol. The number of nitrogens with two attached hydrogens (primary N) is 1. The Morgan fingerprint density at radius 3 is 2.44 bits per heavy atom. The molecule has 2 aromatic heterocycles. The molecule has 4 aromatic rings. The molecular formula is C24H24N6O2. The summed E-state index contributed by atoms with van der Waals surface area (Å²) in [5, 5.41) is 4.29. The molecule has 0 aliphatic rings. The lowest BCUT2D eigenvalue weighted by Crippen LogP contribution is -2.21. The number of rotatable bonds is 6. The third-order valence-electron chi connectivity index (χ3n) is 5.25. The first-order valence-corrected chi connectivity index (χ1v) is 10.0. The average Bonchev–Trinajstić information content (AvgIpc) is 3.27. The second kappa shape index (κ2) is 8.43. The first kappa shape index (κ1) is 20.9. The monoisotopic (exact) mass is 428 g/mol. The molecule has 0 aliphatic carbocycles. The van der Waals surface area contributed by atoms with Crippen LogP contribution in [0.5, 0.6) is 0 Å². The van der Waals surface area contributed by atoms with E-state index in [4.69, 9.17) is 5.73 Å². The Morgan fingerprint density at radius 1 is 1.00 bits per heavy atom. The Bertz CT molecular complexity index is 1290. The Balaban J connectivity index is 1.67. The highest BCUT2D eigenvalue weighted by atomic mass is 16.2. The molecule has 2 heterocycles. The summed E-state index contributed by atoms with van der Waals surface area (Å²) in [6, 6.07) is 16.8. The second-order valence-electron chi connectivity index (χ2n) is 7.63. The molecule has 4 rings (SSSR count). The number of aromatic amines is 1. The molecule has 4 N–H and O–H groups in total. The molecule has 0 spiro atoms. The minimum atomic E-state index is -0.559. The zero-order chi connectivity index (χ0) is 22.8. The number of para-hydroxylation sites is 1. The Labute approximate surface area is 185 Å². The maximum atomic E-state index is 12.1. The smallest absolute Gasteiger partial charge is 0.253 e. The molecule has 8 nitrogen and oxygen atoms in total. The van der Waals surface area contributed by atoms with Gasteiger partial charge in [0.25, 0.3) is 11.8 Å². The SMILES string of the molecule is CN(C)C(=O)c1ccc(Nc2cc(N(C)c3cccc4cc[nH]c34)c(C(N)=O)cn2)cc1. The Morgan fingerprint density at radius 2 is 1.75 bits per heavy atom. The van der Waals surface area contributed by atoms with Gasteiger partial charge in [-0.1, -0.05) is 12.1 Å². The maximum Gasteiger partial charge on any atom is 0.253 e. The highest BCUT2D eigenvalue weighted by molar-refractivity contribution is 6.02. The van der Waals surface area contributed by atoms with E-state index < -0.39 is 5.91 Å². The maximum absolute atomic E-state index is 12.1. The van der Waals surface area contributed by atoms with Crippen molar-refractivity contribution in [2.45, 2.75) is 0 Å². The van der Waals surface area contributed by atoms with E-state index in [-0.39, 0.29) is 5.91 Å². The number of aromatic nitrogens is 2. The van der Waals surface area contributed by atoms with Gasteiger partial charge in [0.15, 0.2) is 0 Å². The van der Waals surface area contributed by atoms with Crippen molar-refractivity contribution in [1.29, 1.82) is 0 Å². The van der Waals surface area contributed by atoms with E-state index in [0.29, 0.717) is 22.6 Å². The molecule has 0 saturated carbocycles. The van der Waals surface area contributed by atoms with Crippen molar-refractivity contribution in [3.8, 4) is 0 Å². The number of benzene rings is 2. The van der Waals surface area contributed by atoms with Crippen molar-refractivity contribution in [2.75, 3.05) is 31.4 Å². The molecule has 8 heteroatoms. The van der Waals surface area contributed by atoms with Crippen LogP contribution in [-0.4, -0.2) is 47.8 Å². The number of anilines is 4. The van der Waals surface area contributed by atoms with Gasteiger partial charge in [-0.3, -0.25) is 9.59 Å². The van der Waals surface area contributed by atoms with Gasteiger partial charge in [0.05, 0.1) is 22.5 Å². The zero-order valence-corrected chi connectivity index (χ0v) is 18.1. The van der Waals surface area contributed by atoms with Crippen LogP contribution in [0, 0.1) is 0 Å². The average molecular weight is 428 g/mol. The fourth-order valence-electron chi connectivity index (χ4n) is 3.56. The molecule has 2 amide bonds. The van der Waals surface area contributed by atoms with E-state index in [1.165, 1.54) is 11.1 Å². The lowest BCUT2D eigenvalue weighted by atomic mass is 10.1. The van der Waals surface area contributed by atoms with Crippen molar-refractivity contribution in [3.05, 3.63) is 78.1 Å². The number of carbonyl (C=O) groups excluding carboxylic acids is 2. The Kier molecular flexibility index (Phi) is 5.51. The molecule has 0 aliphatic heterocycles. The van der Waals surface area contributed by atoms with Crippen LogP contribution in [0.2, 0.25) is 0 Å². The number of nitrogens with zero attached hydrogens (tertiary/aromatic N) is 3. The van der Waals surface area contributed by atoms with E-state index in [9.17, 15) is 9.59 Å². The molecule has 0 radical (unpaired) electrons. The molecule has 0 saturated heterocycles. The summed E-state index contributed by atoms with van der Waals surface area (Å²) in [6.07, 6.45) is 3.34. The van der Waals surface area contributed by atoms with Crippen molar-refractivity contribution in [1.82, 2.24) is 14.9 Å². The number of hydrogen-bond acceptors (Lipinski definition) is 5. The van der Waals surface area contributed by atoms with Gasteiger partial charge in [-0.2, -0.15) is 0 Å². The van der Waals surface area contributed by atoms with Gasteiger partial charge in [-0.25, -0.2) is 4.98 Å². The Hall–Kier alpha value is -4.33. The topological polar surface area (TPSA) is 107 Å². The van der Waals surface area contributed by atoms with Gasteiger partial charge in [-0.15, -0.1) is 0 Å². The highest BCUT2D eigenvalue weighted by Gasteiger charge is 2.17. The molecule has 162 valence electrons. The summed E-state index contributed by atoms with van der Waals surface area (Å²) < 4.78 is 0. The zero-order valence-electron chi connectivity index (χ0n) is 18.1. The van der Waals surface area contributed by atoms with E-state index in [0.717, 1.165) is 22.3 Å². The van der Waals surface area contributed by atoms with Crippen molar-refractivity contribution in [3.63, 3.8) is 0 Å². The van der Waals surface area contributed by atoms with Crippen LogP contribution in [0.1, 0.15) is 20.7 Å². The molecule has 0 bridgehead atoms. The van der Waals surface area contributed by atoms with Crippen LogP contribution in [0.3, 0.4) is 0 Å². The number of pyridine rings is 1. The first-order valence-electron chi connectivity index (χ1n) is 10.0. The molecule has 0 unspecified atom stereocenters. The summed E-state index contributed by atoms with van der Waals surface area (Å²) in [5.74, 6) is -0.0822. The van der Waals surface area contributed by atoms with Crippen molar-refractivity contribution >= 4 is 45.6 Å². The first-order chi connectivity index (χ1) is 15.3. The third-order valence-corrected chi connectivity index (χ3v) is 5.25. The van der Waals surface area contributed by atoms with Gasteiger partial charge < -0.3 is 25.8 Å². The predicted molar refractivity (Wildman–Crippen MR) is 127 cm³/mol. The van der Waals surface area contributed by atoms with Crippen LogP contribution < -0.4 is 16.0 Å². The van der Waals surface area contributed by atoms with Crippen LogP contribution >= 0.6 is 0 Å². The minimum absolute atomic E-state index is 0.0668. The standard InChI is InChI=1S/C24H24N6O2/c1-29(2)24(32)16-7-9-17(10-8-16)28-21-13-20(18(14-27-21)23(25)31)30(3)19-6-4-5-15-11-12-26-22(15)19/h4-14,26H,1-3H3,(H2,25,31)(H,27,28). The van der Waals surface area contributed by atoms with Crippen LogP contribution in [0.4, 0.5) is 22.9 Å². The third kappa shape index (κ3) is 3.98. The van der Waals surface area contributed by atoms with Gasteiger partial charge >= 0.3 is 0 Å². The van der Waals surface area contributed by atoms with Crippen molar-refractivity contribution in [2.24, 2.45) is 5.73 Å². The second-order valence-corrected chi connectivity index (χ2v) is 7.63. The normalized spacial score (nSPS) is 10.7. The predicted octanol–water partition coefficient (Wildman–Crippen LogP) is 3.88. The number of carbonyl (C=O) groups is 2. The lowest BCUT2D eigenvalue weighted by Gasteiger charge is -2.23. The van der Waals surface area contributed by atoms with E-state index in [1.54, 1.807) is 32.3 Å². The summed E-state index contributed by atoms with van der Waals surface area (Å²) >= 11 is 0. The summed E-state index contributed by atoms with van der Waals surface area (Å²) in [6.45, 7) is 0. The molecule has 0 fully saturated rings. The number of hydrogen-bond donors (Lipinski definition) is 3. The number of nitrogens with one attached hydrogen (secondary N) is 2. The van der Waals surface area contributed by atoms with Gasteiger partial charge in [0, 0.05) is 56.2 Å². The van der Waals surface area contributed by atoms with E-state index in [1.807, 2.05) is 54.5 Å². The number of amides is 2. The van der Waals surface area contributed by atoms with Crippen LogP contribution in [-0.2, 0) is 0 Å². The minimum Gasteiger partial charge on any atom is -0.365 e. The molecule has 2 aromatic carbocycles. The fourth-order valence-corrected chi connectivity index (χ4v) is 3.56. The van der Waals surface area contributed by atoms with Gasteiger partial charge in [-0.05, 0) is 36.4 Å².